The second-order valence-corrected chi connectivity index (χ2v) is 7.72. The van der Waals surface area contributed by atoms with Crippen LogP contribution in [0.2, 0.25) is 0 Å². The van der Waals surface area contributed by atoms with Crippen molar-refractivity contribution in [3.8, 4) is 5.75 Å². The average Bonchev–Trinajstić information content (AvgIpc) is 2.99. The van der Waals surface area contributed by atoms with Crippen molar-refractivity contribution in [1.82, 2.24) is 0 Å². The molecule has 0 radical (unpaired) electrons. The molecule has 7 heteroatoms. The highest BCUT2D eigenvalue weighted by molar-refractivity contribution is 5.91. The van der Waals surface area contributed by atoms with Gasteiger partial charge >= 0.3 is 5.97 Å². The number of hydrogen-bond donors (Lipinski definition) is 0. The Hall–Kier alpha value is -3.06. The third-order valence-corrected chi connectivity index (χ3v) is 6.20. The standard InChI is InChI=1S/C21H17NO6/c1-11(23)10-21(20(24)27-13-8-6-12(7-9-13)22(25)26)16-17(21)19-15-5-3-2-4-14(15)18(16)28-19/h2-9,16-19H,10H2,1H3/t16-,17+,18+,19-,21?. The van der Waals surface area contributed by atoms with Gasteiger partial charge in [-0.1, -0.05) is 24.3 Å². The molecule has 0 spiro atoms. The summed E-state index contributed by atoms with van der Waals surface area (Å²) in [6.07, 6.45) is -0.289. The van der Waals surface area contributed by atoms with Crippen LogP contribution < -0.4 is 4.74 Å². The van der Waals surface area contributed by atoms with E-state index in [-0.39, 0.29) is 47.7 Å². The molecule has 1 saturated heterocycles. The molecule has 28 heavy (non-hydrogen) atoms. The number of hydrogen-bond acceptors (Lipinski definition) is 6. The fourth-order valence-electron chi connectivity index (χ4n) is 5.14. The summed E-state index contributed by atoms with van der Waals surface area (Å²) in [5.74, 6) is -0.464. The molecule has 0 aromatic heterocycles. The maximum Gasteiger partial charge on any atom is 0.318 e. The summed E-state index contributed by atoms with van der Waals surface area (Å²) in [5, 5.41) is 10.8. The molecule has 1 saturated carbocycles. The van der Waals surface area contributed by atoms with Crippen LogP contribution in [-0.4, -0.2) is 16.7 Å². The largest absolute Gasteiger partial charge is 0.426 e. The number of non-ortho nitro benzene ring substituents is 1. The molecular weight excluding hydrogens is 362 g/mol. The van der Waals surface area contributed by atoms with Crippen molar-refractivity contribution in [2.45, 2.75) is 25.6 Å². The lowest BCUT2D eigenvalue weighted by Crippen LogP contribution is -2.30. The van der Waals surface area contributed by atoms with Crippen molar-refractivity contribution in [2.75, 3.05) is 0 Å². The molecule has 2 heterocycles. The van der Waals surface area contributed by atoms with Crippen LogP contribution in [0, 0.1) is 27.4 Å². The topological polar surface area (TPSA) is 95.7 Å². The van der Waals surface area contributed by atoms with Gasteiger partial charge in [-0.2, -0.15) is 0 Å². The van der Waals surface area contributed by atoms with E-state index in [4.69, 9.17) is 9.47 Å². The maximum atomic E-state index is 13.2. The number of esters is 1. The number of carbonyl (C=O) groups is 2. The SMILES string of the molecule is CC(=O)CC1(C(=O)Oc2ccc([N+](=O)[O-])cc2)[C@@H]2[C@H]1[C@@H]1O[C@H]2c2ccccc21. The summed E-state index contributed by atoms with van der Waals surface area (Å²) in [7, 11) is 0. The lowest BCUT2D eigenvalue weighted by Gasteiger charge is -2.21. The number of nitro benzene ring substituents is 1. The first kappa shape index (κ1) is 17.1. The fraction of sp³-hybridized carbons (Fsp3) is 0.333. The Balaban J connectivity index is 1.44. The zero-order valence-corrected chi connectivity index (χ0v) is 15.0. The van der Waals surface area contributed by atoms with E-state index in [2.05, 4.69) is 0 Å². The summed E-state index contributed by atoms with van der Waals surface area (Å²) in [4.78, 5) is 35.4. The van der Waals surface area contributed by atoms with Crippen LogP contribution >= 0.6 is 0 Å². The molecule has 2 fully saturated rings. The Morgan fingerprint density at radius 2 is 1.64 bits per heavy atom. The fourth-order valence-corrected chi connectivity index (χ4v) is 5.14. The highest BCUT2D eigenvalue weighted by Gasteiger charge is 2.81. The zero-order chi connectivity index (χ0) is 19.6. The quantitative estimate of drug-likeness (QED) is 0.341. The van der Waals surface area contributed by atoms with E-state index >= 15 is 0 Å². The second-order valence-electron chi connectivity index (χ2n) is 7.72. The number of ketones is 1. The van der Waals surface area contributed by atoms with E-state index in [0.29, 0.717) is 0 Å². The normalized spacial score (nSPS) is 31.0. The highest BCUT2D eigenvalue weighted by Crippen LogP contribution is 2.80. The summed E-state index contributed by atoms with van der Waals surface area (Å²) in [6, 6.07) is 13.3. The summed E-state index contributed by atoms with van der Waals surface area (Å²) in [6.45, 7) is 1.48. The van der Waals surface area contributed by atoms with Gasteiger partial charge in [0.1, 0.15) is 11.5 Å². The van der Waals surface area contributed by atoms with Gasteiger partial charge in [-0.25, -0.2) is 0 Å². The first-order valence-corrected chi connectivity index (χ1v) is 9.14. The Bertz CT molecular complexity index is 979. The molecule has 0 N–H and O–H groups in total. The Morgan fingerprint density at radius 3 is 2.14 bits per heavy atom. The highest BCUT2D eigenvalue weighted by atomic mass is 16.6. The van der Waals surface area contributed by atoms with E-state index in [1.807, 2.05) is 24.3 Å². The van der Waals surface area contributed by atoms with Crippen molar-refractivity contribution >= 4 is 17.4 Å². The van der Waals surface area contributed by atoms with Crippen LogP contribution in [0.3, 0.4) is 0 Å². The van der Waals surface area contributed by atoms with E-state index < -0.39 is 16.3 Å². The number of benzene rings is 2. The van der Waals surface area contributed by atoms with Crippen LogP contribution in [-0.2, 0) is 14.3 Å². The summed E-state index contributed by atoms with van der Waals surface area (Å²) < 4.78 is 11.7. The predicted molar refractivity (Wildman–Crippen MR) is 96.5 cm³/mol. The van der Waals surface area contributed by atoms with Gasteiger partial charge < -0.3 is 9.47 Å². The minimum Gasteiger partial charge on any atom is -0.426 e. The number of nitrogens with zero attached hydrogens (tertiary/aromatic N) is 1. The molecule has 0 amide bonds. The van der Waals surface area contributed by atoms with Gasteiger partial charge in [0.25, 0.3) is 5.69 Å². The molecule has 1 aliphatic carbocycles. The lowest BCUT2D eigenvalue weighted by atomic mass is 9.92. The molecule has 2 bridgehead atoms. The third-order valence-electron chi connectivity index (χ3n) is 6.20. The zero-order valence-electron chi connectivity index (χ0n) is 15.0. The van der Waals surface area contributed by atoms with Gasteiger partial charge in [0, 0.05) is 30.4 Å². The molecule has 2 aliphatic heterocycles. The third kappa shape index (κ3) is 2.19. The Kier molecular flexibility index (Phi) is 3.49. The van der Waals surface area contributed by atoms with E-state index in [1.165, 1.54) is 31.2 Å². The number of fused-ring (bicyclic) bond motifs is 8. The first-order valence-electron chi connectivity index (χ1n) is 9.14. The molecule has 3 aliphatic rings. The van der Waals surface area contributed by atoms with Gasteiger partial charge in [-0.05, 0) is 30.2 Å². The smallest absolute Gasteiger partial charge is 0.318 e. The summed E-state index contributed by atoms with van der Waals surface area (Å²) >= 11 is 0. The van der Waals surface area contributed by atoms with Crippen molar-refractivity contribution < 1.29 is 24.0 Å². The monoisotopic (exact) mass is 379 g/mol. The van der Waals surface area contributed by atoms with Crippen molar-refractivity contribution in [3.63, 3.8) is 0 Å². The molecule has 142 valence electrons. The number of rotatable bonds is 5. The Morgan fingerprint density at radius 1 is 1.07 bits per heavy atom. The van der Waals surface area contributed by atoms with Gasteiger partial charge in [-0.15, -0.1) is 0 Å². The van der Waals surface area contributed by atoms with Crippen LogP contribution in [0.15, 0.2) is 48.5 Å². The number of ether oxygens (including phenoxy) is 2. The van der Waals surface area contributed by atoms with E-state index in [9.17, 15) is 19.7 Å². The van der Waals surface area contributed by atoms with Crippen LogP contribution in [0.1, 0.15) is 36.7 Å². The van der Waals surface area contributed by atoms with Crippen molar-refractivity contribution in [3.05, 3.63) is 69.8 Å². The molecule has 5 atom stereocenters. The van der Waals surface area contributed by atoms with Crippen LogP contribution in [0.25, 0.3) is 0 Å². The molecular formula is C21H17NO6. The minimum atomic E-state index is -0.903. The van der Waals surface area contributed by atoms with Crippen LogP contribution in [0.5, 0.6) is 5.75 Å². The number of nitro groups is 1. The molecule has 2 aromatic rings. The van der Waals surface area contributed by atoms with Gasteiger partial charge in [0.2, 0.25) is 0 Å². The maximum absolute atomic E-state index is 13.2. The summed E-state index contributed by atoms with van der Waals surface area (Å²) in [5.41, 5.74) is 1.19. The van der Waals surface area contributed by atoms with E-state index in [1.54, 1.807) is 0 Å². The minimum absolute atomic E-state index is 0.0708. The molecule has 2 aromatic carbocycles. The van der Waals surface area contributed by atoms with Gasteiger partial charge in [0.05, 0.1) is 22.5 Å². The van der Waals surface area contributed by atoms with Gasteiger partial charge in [-0.3, -0.25) is 19.7 Å². The molecule has 5 rings (SSSR count). The van der Waals surface area contributed by atoms with Crippen molar-refractivity contribution in [1.29, 1.82) is 0 Å². The van der Waals surface area contributed by atoms with Crippen LogP contribution in [0.4, 0.5) is 5.69 Å². The predicted octanol–water partition coefficient (Wildman–Crippen LogP) is 3.54. The molecule has 7 nitrogen and oxygen atoms in total. The van der Waals surface area contributed by atoms with Gasteiger partial charge in [0.15, 0.2) is 0 Å². The van der Waals surface area contributed by atoms with E-state index in [0.717, 1.165) is 11.1 Å². The second kappa shape index (κ2) is 5.72. The Labute approximate surface area is 160 Å². The average molecular weight is 379 g/mol. The van der Waals surface area contributed by atoms with Crippen molar-refractivity contribution in [2.24, 2.45) is 17.3 Å². The molecule has 1 unspecified atom stereocenters. The first-order chi connectivity index (χ1) is 13.4. The lowest BCUT2D eigenvalue weighted by molar-refractivity contribution is -0.384. The number of Topliss-reactive ketones (excluding diaryl/α,β-unsaturated/α-hetero) is 1. The number of carbonyl (C=O) groups excluding carboxylic acids is 2.